The van der Waals surface area contributed by atoms with E-state index < -0.39 is 7.12 Å². The predicted molar refractivity (Wildman–Crippen MR) is 66.4 cm³/mol. The number of halogens is 1. The molecule has 2 rings (SSSR count). The largest absolute Gasteiger partial charge is 0.488 e. The van der Waals surface area contributed by atoms with E-state index in [0.717, 1.165) is 16.1 Å². The topological polar surface area (TPSA) is 40.5 Å². The maximum absolute atomic E-state index is 9.03. The molecule has 0 aliphatic carbocycles. The Morgan fingerprint density at radius 3 is 2.33 bits per heavy atom. The molecule has 0 atom stereocenters. The van der Waals surface area contributed by atoms with Gasteiger partial charge in [0, 0.05) is 5.33 Å². The van der Waals surface area contributed by atoms with Crippen LogP contribution in [0.3, 0.4) is 0 Å². The third kappa shape index (κ3) is 2.22. The zero-order valence-electron chi connectivity index (χ0n) is 8.02. The normalized spacial score (nSPS) is 10.6. The predicted octanol–water partition coefficient (Wildman–Crippen LogP) is 1.41. The summed E-state index contributed by atoms with van der Waals surface area (Å²) in [6, 6.07) is 11.5. The summed E-state index contributed by atoms with van der Waals surface area (Å²) in [7, 11) is -1.40. The van der Waals surface area contributed by atoms with Crippen molar-refractivity contribution < 1.29 is 10.0 Å². The molecule has 0 saturated heterocycles. The second kappa shape index (κ2) is 4.35. The van der Waals surface area contributed by atoms with Gasteiger partial charge in [0.25, 0.3) is 0 Å². The average molecular weight is 265 g/mol. The molecule has 0 aromatic heterocycles. The summed E-state index contributed by atoms with van der Waals surface area (Å²) in [5, 5.41) is 21.0. The minimum Gasteiger partial charge on any atom is -0.423 e. The first-order valence-electron chi connectivity index (χ1n) is 4.65. The van der Waals surface area contributed by atoms with Crippen LogP contribution in [0.25, 0.3) is 10.8 Å². The fourth-order valence-corrected chi connectivity index (χ4v) is 1.91. The number of benzene rings is 2. The van der Waals surface area contributed by atoms with Crippen LogP contribution in [-0.4, -0.2) is 17.2 Å². The van der Waals surface area contributed by atoms with Gasteiger partial charge in [-0.2, -0.15) is 0 Å². The van der Waals surface area contributed by atoms with E-state index in [9.17, 15) is 0 Å². The number of fused-ring (bicyclic) bond motifs is 1. The van der Waals surface area contributed by atoms with Gasteiger partial charge in [-0.05, 0) is 21.8 Å². The van der Waals surface area contributed by atoms with E-state index in [1.807, 2.05) is 18.2 Å². The smallest absolute Gasteiger partial charge is 0.423 e. The molecule has 76 valence electrons. The highest BCUT2D eigenvalue weighted by Gasteiger charge is 2.10. The third-order valence-electron chi connectivity index (χ3n) is 2.38. The molecule has 0 aliphatic rings. The van der Waals surface area contributed by atoms with Gasteiger partial charge in [-0.15, -0.1) is 0 Å². The molecule has 0 bridgehead atoms. The molecular weight excluding hydrogens is 255 g/mol. The molecule has 0 amide bonds. The molecule has 15 heavy (non-hydrogen) atoms. The van der Waals surface area contributed by atoms with Crippen LogP contribution >= 0.6 is 15.9 Å². The molecule has 0 fully saturated rings. The molecule has 0 radical (unpaired) electrons. The molecule has 0 heterocycles. The molecule has 0 aliphatic heterocycles. The number of hydrogen-bond donors (Lipinski definition) is 2. The summed E-state index contributed by atoms with van der Waals surface area (Å²) in [5.74, 6) is 0. The summed E-state index contributed by atoms with van der Waals surface area (Å²) in [6.07, 6.45) is 0. The fourth-order valence-electron chi connectivity index (χ4n) is 1.56. The third-order valence-corrected chi connectivity index (χ3v) is 3.03. The van der Waals surface area contributed by atoms with Gasteiger partial charge in [-0.1, -0.05) is 52.3 Å². The van der Waals surface area contributed by atoms with Crippen molar-refractivity contribution in [3.8, 4) is 0 Å². The first-order valence-corrected chi connectivity index (χ1v) is 5.77. The molecule has 4 heteroatoms. The lowest BCUT2D eigenvalue weighted by Gasteiger charge is -2.04. The van der Waals surface area contributed by atoms with Gasteiger partial charge in [0.05, 0.1) is 0 Å². The van der Waals surface area contributed by atoms with Gasteiger partial charge >= 0.3 is 7.12 Å². The Bertz CT molecular complexity index is 485. The Hall–Kier alpha value is -0.835. The van der Waals surface area contributed by atoms with Gasteiger partial charge in [0.1, 0.15) is 0 Å². The van der Waals surface area contributed by atoms with Gasteiger partial charge in [0.15, 0.2) is 0 Å². The number of alkyl halides is 1. The molecule has 2 aromatic carbocycles. The highest BCUT2D eigenvalue weighted by molar-refractivity contribution is 9.08. The lowest BCUT2D eigenvalue weighted by Crippen LogP contribution is -2.29. The summed E-state index contributed by atoms with van der Waals surface area (Å²) in [4.78, 5) is 0. The molecule has 0 unspecified atom stereocenters. The van der Waals surface area contributed by atoms with E-state index in [2.05, 4.69) is 22.0 Å². The molecule has 2 N–H and O–H groups in total. The summed E-state index contributed by atoms with van der Waals surface area (Å²) < 4.78 is 0. The Morgan fingerprint density at radius 2 is 1.67 bits per heavy atom. The maximum atomic E-state index is 9.03. The van der Waals surface area contributed by atoms with Gasteiger partial charge in [-0.3, -0.25) is 0 Å². The molecule has 2 nitrogen and oxygen atoms in total. The molecule has 2 aromatic rings. The van der Waals surface area contributed by atoms with Crippen LogP contribution in [-0.2, 0) is 5.33 Å². The standard InChI is InChI=1S/C11H10BBrO2/c13-7-8-1-2-10-6-11(12(14)15)4-3-9(10)5-8/h1-6,14-15H,7H2. The summed E-state index contributed by atoms with van der Waals surface area (Å²) in [6.45, 7) is 0. The van der Waals surface area contributed by atoms with E-state index >= 15 is 0 Å². The second-order valence-electron chi connectivity index (χ2n) is 3.45. The number of rotatable bonds is 2. The minimum atomic E-state index is -1.40. The van der Waals surface area contributed by atoms with Gasteiger partial charge in [-0.25, -0.2) is 0 Å². The van der Waals surface area contributed by atoms with E-state index in [-0.39, 0.29) is 0 Å². The highest BCUT2D eigenvalue weighted by Crippen LogP contribution is 2.16. The molecular formula is C11H10BBrO2. The van der Waals surface area contributed by atoms with Crippen LogP contribution in [0.15, 0.2) is 36.4 Å². The van der Waals surface area contributed by atoms with Crippen molar-refractivity contribution in [3.63, 3.8) is 0 Å². The van der Waals surface area contributed by atoms with Crippen molar-refractivity contribution in [2.75, 3.05) is 0 Å². The first kappa shape index (κ1) is 10.7. The van der Waals surface area contributed by atoms with Crippen LogP contribution in [0.1, 0.15) is 5.56 Å². The van der Waals surface area contributed by atoms with Gasteiger partial charge in [0.2, 0.25) is 0 Å². The molecule has 0 spiro atoms. The number of hydrogen-bond acceptors (Lipinski definition) is 2. The van der Waals surface area contributed by atoms with Crippen molar-refractivity contribution in [1.29, 1.82) is 0 Å². The molecule has 0 saturated carbocycles. The van der Waals surface area contributed by atoms with Crippen LogP contribution < -0.4 is 5.46 Å². The quantitative estimate of drug-likeness (QED) is 0.636. The van der Waals surface area contributed by atoms with E-state index in [1.54, 1.807) is 12.1 Å². The monoisotopic (exact) mass is 264 g/mol. The zero-order chi connectivity index (χ0) is 10.8. The second-order valence-corrected chi connectivity index (χ2v) is 4.01. The van der Waals surface area contributed by atoms with Crippen LogP contribution in [0.5, 0.6) is 0 Å². The Balaban J connectivity index is 2.55. The zero-order valence-corrected chi connectivity index (χ0v) is 9.61. The minimum absolute atomic E-state index is 0.522. The van der Waals surface area contributed by atoms with Crippen molar-refractivity contribution in [1.82, 2.24) is 0 Å². The lowest BCUT2D eigenvalue weighted by molar-refractivity contribution is 0.426. The van der Waals surface area contributed by atoms with Crippen LogP contribution in [0.2, 0.25) is 0 Å². The van der Waals surface area contributed by atoms with Crippen LogP contribution in [0, 0.1) is 0 Å². The van der Waals surface area contributed by atoms with Crippen molar-refractivity contribution in [2.45, 2.75) is 5.33 Å². The average Bonchev–Trinajstić information content (AvgIpc) is 2.27. The first-order chi connectivity index (χ1) is 7.20. The van der Waals surface area contributed by atoms with Gasteiger partial charge < -0.3 is 10.0 Å². The Morgan fingerprint density at radius 1 is 1.00 bits per heavy atom. The summed E-state index contributed by atoms with van der Waals surface area (Å²) >= 11 is 3.40. The Kier molecular flexibility index (Phi) is 3.10. The SMILES string of the molecule is OB(O)c1ccc2cc(CBr)ccc2c1. The highest BCUT2D eigenvalue weighted by atomic mass is 79.9. The van der Waals surface area contributed by atoms with E-state index in [1.165, 1.54) is 5.56 Å². The van der Waals surface area contributed by atoms with E-state index in [0.29, 0.717) is 5.46 Å². The maximum Gasteiger partial charge on any atom is 0.488 e. The summed E-state index contributed by atoms with van der Waals surface area (Å²) in [5.41, 5.74) is 1.73. The van der Waals surface area contributed by atoms with Crippen molar-refractivity contribution in [3.05, 3.63) is 42.0 Å². The van der Waals surface area contributed by atoms with Crippen molar-refractivity contribution in [2.24, 2.45) is 0 Å². The van der Waals surface area contributed by atoms with Crippen molar-refractivity contribution >= 4 is 39.3 Å². The van der Waals surface area contributed by atoms with E-state index in [4.69, 9.17) is 10.0 Å². The fraction of sp³-hybridized carbons (Fsp3) is 0.0909. The Labute approximate surface area is 96.8 Å². The lowest BCUT2D eigenvalue weighted by atomic mass is 9.79. The van der Waals surface area contributed by atoms with Crippen LogP contribution in [0.4, 0.5) is 0 Å².